The molecule has 0 amide bonds. The van der Waals surface area contributed by atoms with Gasteiger partial charge in [-0.05, 0) is 23.9 Å². The van der Waals surface area contributed by atoms with E-state index in [9.17, 15) is 8.42 Å². The van der Waals surface area contributed by atoms with Gasteiger partial charge < -0.3 is 0 Å². The predicted octanol–water partition coefficient (Wildman–Crippen LogP) is 1.33. The van der Waals surface area contributed by atoms with Gasteiger partial charge in [0.15, 0.2) is 0 Å². The third-order valence-corrected chi connectivity index (χ3v) is 7.08. The van der Waals surface area contributed by atoms with E-state index in [1.807, 2.05) is 6.07 Å². The minimum Gasteiger partial charge on any atom is -0.260 e. The third kappa shape index (κ3) is 3.37. The SMILES string of the molecule is N#Cc1ccc(N2CCCN(S(=O)(=O)c3cccs3)CC2)[nH+]c1. The molecule has 1 N–H and O–H groups in total. The fourth-order valence-electron chi connectivity index (χ4n) is 2.60. The van der Waals surface area contributed by atoms with Crippen molar-refractivity contribution in [1.82, 2.24) is 4.31 Å². The molecule has 1 saturated heterocycles. The maximum absolute atomic E-state index is 12.6. The molecular weight excluding hydrogens is 332 g/mol. The van der Waals surface area contributed by atoms with Crippen LogP contribution in [0.25, 0.3) is 0 Å². The van der Waals surface area contributed by atoms with Gasteiger partial charge in [0.2, 0.25) is 0 Å². The molecule has 23 heavy (non-hydrogen) atoms. The van der Waals surface area contributed by atoms with Crippen LogP contribution in [0.3, 0.4) is 0 Å². The van der Waals surface area contributed by atoms with Gasteiger partial charge in [-0.2, -0.15) is 9.57 Å². The van der Waals surface area contributed by atoms with Gasteiger partial charge in [0, 0.05) is 12.6 Å². The van der Waals surface area contributed by atoms with Gasteiger partial charge in [0.25, 0.3) is 15.8 Å². The zero-order valence-electron chi connectivity index (χ0n) is 12.5. The topological polar surface area (TPSA) is 78.5 Å². The van der Waals surface area contributed by atoms with Crippen molar-refractivity contribution in [1.29, 1.82) is 5.26 Å². The lowest BCUT2D eigenvalue weighted by Crippen LogP contribution is -2.36. The Hall–Kier alpha value is -1.95. The molecule has 3 heterocycles. The number of hydrogen-bond acceptors (Lipinski definition) is 5. The Balaban J connectivity index is 1.73. The fraction of sp³-hybridized carbons (Fsp3) is 0.333. The first-order chi connectivity index (χ1) is 11.1. The van der Waals surface area contributed by atoms with Crippen LogP contribution in [0.4, 0.5) is 5.82 Å². The van der Waals surface area contributed by atoms with Crippen molar-refractivity contribution in [2.75, 3.05) is 31.1 Å². The molecule has 3 rings (SSSR count). The molecule has 0 aromatic carbocycles. The summed E-state index contributed by atoms with van der Waals surface area (Å²) in [5.41, 5.74) is 0.575. The number of hydrogen-bond donors (Lipinski definition) is 0. The van der Waals surface area contributed by atoms with Crippen molar-refractivity contribution < 1.29 is 13.4 Å². The molecule has 8 heteroatoms. The maximum Gasteiger partial charge on any atom is 0.274 e. The summed E-state index contributed by atoms with van der Waals surface area (Å²) in [4.78, 5) is 5.22. The highest BCUT2D eigenvalue weighted by atomic mass is 32.2. The second-order valence-electron chi connectivity index (χ2n) is 5.25. The Kier molecular flexibility index (Phi) is 4.61. The van der Waals surface area contributed by atoms with Crippen LogP contribution in [0, 0.1) is 11.3 Å². The highest BCUT2D eigenvalue weighted by molar-refractivity contribution is 7.91. The van der Waals surface area contributed by atoms with Gasteiger partial charge in [0.1, 0.15) is 16.5 Å². The number of H-pyrrole nitrogens is 1. The minimum atomic E-state index is -3.39. The zero-order chi connectivity index (χ0) is 16.3. The van der Waals surface area contributed by atoms with E-state index in [0.29, 0.717) is 29.4 Å². The Labute approximate surface area is 139 Å². The van der Waals surface area contributed by atoms with Crippen molar-refractivity contribution >= 4 is 27.2 Å². The van der Waals surface area contributed by atoms with Crippen molar-refractivity contribution in [2.45, 2.75) is 10.6 Å². The Bertz CT molecular complexity index is 795. The monoisotopic (exact) mass is 349 g/mol. The Morgan fingerprint density at radius 3 is 2.70 bits per heavy atom. The molecule has 0 saturated carbocycles. The number of pyridine rings is 1. The molecule has 0 bridgehead atoms. The standard InChI is InChI=1S/C15H16N4O2S2/c16-11-13-4-5-14(17-12-13)18-6-2-7-19(9-8-18)23(20,21)15-3-1-10-22-15/h1,3-5,10,12H,2,6-9H2/p+1. The smallest absolute Gasteiger partial charge is 0.260 e. The normalized spacial score (nSPS) is 16.7. The Morgan fingerprint density at radius 2 is 2.04 bits per heavy atom. The number of nitriles is 1. The van der Waals surface area contributed by atoms with E-state index in [0.717, 1.165) is 18.8 Å². The Morgan fingerprint density at radius 1 is 1.17 bits per heavy atom. The molecule has 6 nitrogen and oxygen atoms in total. The van der Waals surface area contributed by atoms with Gasteiger partial charge in [-0.25, -0.2) is 13.4 Å². The van der Waals surface area contributed by atoms with Crippen LogP contribution in [0.1, 0.15) is 12.0 Å². The molecule has 1 aliphatic heterocycles. The van der Waals surface area contributed by atoms with Crippen LogP contribution in [0.2, 0.25) is 0 Å². The van der Waals surface area contributed by atoms with Crippen LogP contribution in [0.5, 0.6) is 0 Å². The van der Waals surface area contributed by atoms with Crippen molar-refractivity contribution in [3.8, 4) is 6.07 Å². The lowest BCUT2D eigenvalue weighted by Gasteiger charge is -2.18. The first-order valence-corrected chi connectivity index (χ1v) is 9.64. The van der Waals surface area contributed by atoms with E-state index >= 15 is 0 Å². The van der Waals surface area contributed by atoms with Crippen LogP contribution in [-0.4, -0.2) is 38.9 Å². The number of sulfonamides is 1. The third-order valence-electron chi connectivity index (χ3n) is 3.81. The summed E-state index contributed by atoms with van der Waals surface area (Å²) in [5.74, 6) is 0.902. The molecule has 1 fully saturated rings. The molecule has 2 aromatic heterocycles. The van der Waals surface area contributed by atoms with Gasteiger partial charge in [-0.3, -0.25) is 4.90 Å². The molecule has 0 spiro atoms. The summed E-state index contributed by atoms with van der Waals surface area (Å²) in [6.07, 6.45) is 2.43. The summed E-state index contributed by atoms with van der Waals surface area (Å²) in [6.45, 7) is 2.37. The number of aromatic nitrogens is 1. The summed E-state index contributed by atoms with van der Waals surface area (Å²) >= 11 is 1.25. The van der Waals surface area contributed by atoms with Gasteiger partial charge in [-0.1, -0.05) is 6.07 Å². The number of nitrogens with zero attached hydrogens (tertiary/aromatic N) is 3. The molecule has 0 atom stereocenters. The number of nitrogens with one attached hydrogen (secondary N) is 1. The average molecular weight is 349 g/mol. The van der Waals surface area contributed by atoms with Crippen molar-refractivity contribution in [3.63, 3.8) is 0 Å². The van der Waals surface area contributed by atoms with Crippen LogP contribution in [0.15, 0.2) is 40.1 Å². The van der Waals surface area contributed by atoms with E-state index in [4.69, 9.17) is 5.26 Å². The summed E-state index contributed by atoms with van der Waals surface area (Å²) in [7, 11) is -3.39. The molecule has 1 aliphatic rings. The maximum atomic E-state index is 12.6. The lowest BCUT2D eigenvalue weighted by atomic mass is 10.3. The summed E-state index contributed by atoms with van der Waals surface area (Å²) in [5, 5.41) is 10.6. The van der Waals surface area contributed by atoms with Gasteiger partial charge >= 0.3 is 0 Å². The zero-order valence-corrected chi connectivity index (χ0v) is 14.1. The van der Waals surface area contributed by atoms with E-state index in [1.54, 1.807) is 34.1 Å². The van der Waals surface area contributed by atoms with Crippen molar-refractivity contribution in [2.24, 2.45) is 0 Å². The molecular formula is C15H17N4O2S2+. The number of aromatic amines is 1. The number of anilines is 1. The first-order valence-electron chi connectivity index (χ1n) is 7.32. The second-order valence-corrected chi connectivity index (χ2v) is 8.36. The largest absolute Gasteiger partial charge is 0.274 e. The molecule has 120 valence electrons. The molecule has 0 radical (unpaired) electrons. The molecule has 0 aliphatic carbocycles. The molecule has 2 aromatic rings. The predicted molar refractivity (Wildman–Crippen MR) is 87.6 cm³/mol. The first kappa shape index (κ1) is 15.9. The summed E-state index contributed by atoms with van der Waals surface area (Å²) < 4.78 is 27.2. The van der Waals surface area contributed by atoms with Crippen LogP contribution >= 0.6 is 11.3 Å². The molecule has 0 unspecified atom stereocenters. The summed E-state index contributed by atoms with van der Waals surface area (Å²) in [6, 6.07) is 9.11. The number of thiophene rings is 1. The minimum absolute atomic E-state index is 0.399. The van der Waals surface area contributed by atoms with Crippen LogP contribution in [-0.2, 0) is 10.0 Å². The van der Waals surface area contributed by atoms with E-state index in [-0.39, 0.29) is 0 Å². The van der Waals surface area contributed by atoms with Crippen LogP contribution < -0.4 is 9.88 Å². The second kappa shape index (κ2) is 6.66. The highest BCUT2D eigenvalue weighted by Gasteiger charge is 2.30. The quantitative estimate of drug-likeness (QED) is 0.837. The van der Waals surface area contributed by atoms with E-state index < -0.39 is 10.0 Å². The lowest BCUT2D eigenvalue weighted by molar-refractivity contribution is -0.364. The average Bonchev–Trinajstić information content (AvgIpc) is 3.00. The van der Waals surface area contributed by atoms with E-state index in [2.05, 4.69) is 16.0 Å². The fourth-order valence-corrected chi connectivity index (χ4v) is 5.21. The number of rotatable bonds is 3. The van der Waals surface area contributed by atoms with Gasteiger partial charge in [0.05, 0.1) is 25.2 Å². The highest BCUT2D eigenvalue weighted by Crippen LogP contribution is 2.22. The van der Waals surface area contributed by atoms with Gasteiger partial charge in [-0.15, -0.1) is 11.3 Å². The van der Waals surface area contributed by atoms with E-state index in [1.165, 1.54) is 11.3 Å². The van der Waals surface area contributed by atoms with Crippen molar-refractivity contribution in [3.05, 3.63) is 41.4 Å².